The van der Waals surface area contributed by atoms with Crippen molar-refractivity contribution < 1.29 is 13.3 Å². The summed E-state index contributed by atoms with van der Waals surface area (Å²) < 4.78 is 27.5. The van der Waals surface area contributed by atoms with E-state index in [0.29, 0.717) is 0 Å². The second-order valence-corrected chi connectivity index (χ2v) is 8.86. The lowest BCUT2D eigenvalue weighted by atomic mass is 9.86. The SMILES string of the molecule is C=CCNS(=O)(=O)[C@H]1CON(C)[C@H]1c1ccc(C(C)(C)C)cc1. The Morgan fingerprint density at radius 3 is 2.48 bits per heavy atom. The van der Waals surface area contributed by atoms with Crippen LogP contribution in [-0.2, 0) is 20.3 Å². The normalized spacial score (nSPS) is 23.1. The maximum absolute atomic E-state index is 12.5. The van der Waals surface area contributed by atoms with E-state index in [9.17, 15) is 8.42 Å². The molecule has 0 radical (unpaired) electrons. The molecule has 1 aromatic rings. The Hall–Kier alpha value is -1.21. The minimum absolute atomic E-state index is 0.0631. The van der Waals surface area contributed by atoms with Gasteiger partial charge in [-0.25, -0.2) is 13.1 Å². The highest BCUT2D eigenvalue weighted by Gasteiger charge is 2.42. The van der Waals surface area contributed by atoms with Gasteiger partial charge in [0.2, 0.25) is 10.0 Å². The first-order chi connectivity index (χ1) is 10.7. The van der Waals surface area contributed by atoms with Gasteiger partial charge in [0.15, 0.2) is 0 Å². The highest BCUT2D eigenvalue weighted by molar-refractivity contribution is 7.90. The molecular weight excluding hydrogens is 312 g/mol. The molecule has 1 saturated heterocycles. The minimum Gasteiger partial charge on any atom is -0.297 e. The fraction of sp³-hybridized carbons (Fsp3) is 0.529. The zero-order chi connectivity index (χ0) is 17.3. The Kier molecular flexibility index (Phi) is 5.30. The van der Waals surface area contributed by atoms with E-state index in [4.69, 9.17) is 4.84 Å². The summed E-state index contributed by atoms with van der Waals surface area (Å²) in [5.74, 6) is 0. The minimum atomic E-state index is -3.48. The van der Waals surface area contributed by atoms with Crippen LogP contribution in [0.2, 0.25) is 0 Å². The molecule has 128 valence electrons. The molecule has 1 heterocycles. The average molecular weight is 338 g/mol. The van der Waals surface area contributed by atoms with Crippen molar-refractivity contribution in [2.75, 3.05) is 20.2 Å². The molecule has 23 heavy (non-hydrogen) atoms. The van der Waals surface area contributed by atoms with Crippen LogP contribution in [0.5, 0.6) is 0 Å². The quantitative estimate of drug-likeness (QED) is 0.838. The number of hydrogen-bond acceptors (Lipinski definition) is 4. The van der Waals surface area contributed by atoms with Gasteiger partial charge in [-0.05, 0) is 16.5 Å². The number of rotatable bonds is 5. The van der Waals surface area contributed by atoms with E-state index in [1.54, 1.807) is 12.1 Å². The summed E-state index contributed by atoms with van der Waals surface area (Å²) in [5, 5.41) is 0.983. The van der Waals surface area contributed by atoms with Crippen LogP contribution in [0.15, 0.2) is 36.9 Å². The highest BCUT2D eigenvalue weighted by atomic mass is 32.2. The molecule has 1 aromatic carbocycles. The van der Waals surface area contributed by atoms with Crippen LogP contribution < -0.4 is 4.72 Å². The summed E-state index contributed by atoms with van der Waals surface area (Å²) in [4.78, 5) is 5.48. The van der Waals surface area contributed by atoms with E-state index < -0.39 is 15.3 Å². The molecule has 1 fully saturated rings. The van der Waals surface area contributed by atoms with Gasteiger partial charge in [-0.1, -0.05) is 51.1 Å². The van der Waals surface area contributed by atoms with E-state index in [-0.39, 0.29) is 24.6 Å². The second kappa shape index (κ2) is 6.73. The molecule has 0 saturated carbocycles. The molecule has 0 bridgehead atoms. The number of hydroxylamine groups is 2. The van der Waals surface area contributed by atoms with Crippen molar-refractivity contribution in [3.8, 4) is 0 Å². The molecule has 6 heteroatoms. The third kappa shape index (κ3) is 4.01. The molecule has 1 aliphatic rings. The predicted molar refractivity (Wildman–Crippen MR) is 92.5 cm³/mol. The monoisotopic (exact) mass is 338 g/mol. The molecule has 0 aliphatic carbocycles. The largest absolute Gasteiger partial charge is 0.297 e. The number of benzene rings is 1. The lowest BCUT2D eigenvalue weighted by molar-refractivity contribution is -0.110. The van der Waals surface area contributed by atoms with Crippen LogP contribution in [-0.4, -0.2) is 38.9 Å². The first-order valence-electron chi connectivity index (χ1n) is 7.72. The van der Waals surface area contributed by atoms with Crippen LogP contribution in [0.1, 0.15) is 37.9 Å². The predicted octanol–water partition coefficient (Wildman–Crippen LogP) is 2.38. The second-order valence-electron chi connectivity index (χ2n) is 6.88. The summed E-state index contributed by atoms with van der Waals surface area (Å²) in [6, 6.07) is 7.77. The Balaban J connectivity index is 2.30. The number of nitrogens with zero attached hydrogens (tertiary/aromatic N) is 1. The van der Waals surface area contributed by atoms with Crippen molar-refractivity contribution >= 4 is 10.0 Å². The number of sulfonamides is 1. The van der Waals surface area contributed by atoms with E-state index >= 15 is 0 Å². The Morgan fingerprint density at radius 1 is 1.35 bits per heavy atom. The number of hydrogen-bond donors (Lipinski definition) is 1. The smallest absolute Gasteiger partial charge is 0.219 e. The van der Waals surface area contributed by atoms with Gasteiger partial charge in [-0.3, -0.25) is 4.84 Å². The Morgan fingerprint density at radius 2 is 1.96 bits per heavy atom. The average Bonchev–Trinajstić information content (AvgIpc) is 2.87. The molecule has 0 amide bonds. The topological polar surface area (TPSA) is 58.6 Å². The molecule has 1 aliphatic heterocycles. The van der Waals surface area contributed by atoms with E-state index in [1.807, 2.05) is 12.1 Å². The zero-order valence-electron chi connectivity index (χ0n) is 14.2. The van der Waals surface area contributed by atoms with Gasteiger partial charge >= 0.3 is 0 Å². The first kappa shape index (κ1) is 18.1. The molecule has 0 spiro atoms. The number of nitrogens with one attached hydrogen (secondary N) is 1. The van der Waals surface area contributed by atoms with Gasteiger partial charge in [0.1, 0.15) is 5.25 Å². The summed E-state index contributed by atoms with van der Waals surface area (Å²) >= 11 is 0. The highest BCUT2D eigenvalue weighted by Crippen LogP contribution is 2.34. The van der Waals surface area contributed by atoms with Gasteiger partial charge in [0.05, 0.1) is 12.6 Å². The zero-order valence-corrected chi connectivity index (χ0v) is 15.1. The molecule has 1 N–H and O–H groups in total. The van der Waals surface area contributed by atoms with Crippen molar-refractivity contribution in [2.45, 2.75) is 37.5 Å². The Labute approximate surface area is 139 Å². The maximum atomic E-state index is 12.5. The van der Waals surface area contributed by atoms with Crippen molar-refractivity contribution in [1.29, 1.82) is 0 Å². The molecule has 2 rings (SSSR count). The van der Waals surface area contributed by atoms with Crippen molar-refractivity contribution in [2.24, 2.45) is 0 Å². The van der Waals surface area contributed by atoms with Gasteiger partial charge in [0, 0.05) is 13.6 Å². The van der Waals surface area contributed by atoms with Gasteiger partial charge in [0.25, 0.3) is 0 Å². The molecular formula is C17H26N2O3S. The van der Waals surface area contributed by atoms with Crippen molar-refractivity contribution in [1.82, 2.24) is 9.79 Å². The fourth-order valence-electron chi connectivity index (χ4n) is 2.74. The third-order valence-corrected chi connectivity index (χ3v) is 5.89. The lowest BCUT2D eigenvalue weighted by Crippen LogP contribution is -2.39. The molecule has 0 aromatic heterocycles. The van der Waals surface area contributed by atoms with Crippen LogP contribution in [0.3, 0.4) is 0 Å². The van der Waals surface area contributed by atoms with Crippen molar-refractivity contribution in [3.63, 3.8) is 0 Å². The summed E-state index contributed by atoms with van der Waals surface area (Å²) in [6.07, 6.45) is 1.53. The fourth-order valence-corrected chi connectivity index (χ4v) is 4.22. The maximum Gasteiger partial charge on any atom is 0.219 e. The van der Waals surface area contributed by atoms with Crippen molar-refractivity contribution in [3.05, 3.63) is 48.0 Å². The van der Waals surface area contributed by atoms with E-state index in [0.717, 1.165) is 5.56 Å². The van der Waals surface area contributed by atoms with Crippen LogP contribution in [0, 0.1) is 0 Å². The molecule has 0 unspecified atom stereocenters. The molecule has 5 nitrogen and oxygen atoms in total. The van der Waals surface area contributed by atoms with Gasteiger partial charge in [-0.15, -0.1) is 6.58 Å². The van der Waals surface area contributed by atoms with Gasteiger partial charge in [-0.2, -0.15) is 5.06 Å². The summed E-state index contributed by atoms with van der Waals surface area (Å²) in [6.45, 7) is 10.4. The summed E-state index contributed by atoms with van der Waals surface area (Å²) in [7, 11) is -1.71. The van der Waals surface area contributed by atoms with E-state index in [1.165, 1.54) is 11.6 Å². The van der Waals surface area contributed by atoms with Crippen LogP contribution in [0.4, 0.5) is 0 Å². The van der Waals surface area contributed by atoms with Crippen LogP contribution in [0.25, 0.3) is 0 Å². The van der Waals surface area contributed by atoms with Gasteiger partial charge < -0.3 is 0 Å². The Bertz CT molecular complexity index is 647. The molecule has 2 atom stereocenters. The lowest BCUT2D eigenvalue weighted by Gasteiger charge is -2.24. The summed E-state index contributed by atoms with van der Waals surface area (Å²) in [5.41, 5.74) is 2.21. The van der Waals surface area contributed by atoms with Crippen LogP contribution >= 0.6 is 0 Å². The van der Waals surface area contributed by atoms with E-state index in [2.05, 4.69) is 44.2 Å². The third-order valence-electron chi connectivity index (χ3n) is 4.13. The standard InChI is InChI=1S/C17H26N2O3S/c1-6-11-18-23(20,21)15-12-22-19(5)16(15)13-7-9-14(10-8-13)17(2,3)4/h6-10,15-16,18H,1,11-12H2,2-5H3/t15-,16-/m0/s1. The first-order valence-corrected chi connectivity index (χ1v) is 9.27.